The third kappa shape index (κ3) is 1.64. The number of methoxy groups -OCH3 is 1. The number of nitrogen functional groups attached to an aromatic ring is 1. The van der Waals surface area contributed by atoms with Gasteiger partial charge in [-0.1, -0.05) is 18.5 Å². The second-order valence-corrected chi connectivity index (χ2v) is 2.96. The van der Waals surface area contributed by atoms with Crippen LogP contribution < -0.4 is 10.5 Å². The van der Waals surface area contributed by atoms with Crippen LogP contribution in [0.3, 0.4) is 0 Å². The van der Waals surface area contributed by atoms with E-state index in [0.29, 0.717) is 16.5 Å². The molecule has 1 aromatic rings. The Hall–Kier alpha value is -0.890. The van der Waals surface area contributed by atoms with Crippen LogP contribution in [0.2, 0.25) is 5.02 Å². The molecule has 0 heterocycles. The van der Waals surface area contributed by atoms with Gasteiger partial charge in [-0.05, 0) is 24.1 Å². The summed E-state index contributed by atoms with van der Waals surface area (Å²) in [5.41, 5.74) is 7.42. The number of benzene rings is 1. The first-order valence-electron chi connectivity index (χ1n) is 3.81. The minimum atomic E-state index is 0.564. The van der Waals surface area contributed by atoms with Crippen molar-refractivity contribution in [1.82, 2.24) is 0 Å². The molecule has 0 spiro atoms. The zero-order chi connectivity index (χ0) is 9.14. The number of hydrogen-bond donors (Lipinski definition) is 1. The highest BCUT2D eigenvalue weighted by molar-refractivity contribution is 6.32. The van der Waals surface area contributed by atoms with Gasteiger partial charge < -0.3 is 10.5 Å². The maximum absolute atomic E-state index is 5.91. The fourth-order valence-electron chi connectivity index (χ4n) is 1.09. The Balaban J connectivity index is 3.18. The molecule has 3 heteroatoms. The standard InChI is InChI=1S/C9H12ClNO/c1-3-6-4-7(10)9(12-2)8(11)5-6/h4-5H,3,11H2,1-2H3. The Morgan fingerprint density at radius 1 is 1.50 bits per heavy atom. The van der Waals surface area contributed by atoms with E-state index < -0.39 is 0 Å². The minimum absolute atomic E-state index is 0.564. The van der Waals surface area contributed by atoms with Gasteiger partial charge in [0.2, 0.25) is 0 Å². The van der Waals surface area contributed by atoms with Crippen LogP contribution in [0.15, 0.2) is 12.1 Å². The summed E-state index contributed by atoms with van der Waals surface area (Å²) in [4.78, 5) is 0. The molecule has 0 aliphatic carbocycles. The summed E-state index contributed by atoms with van der Waals surface area (Å²) in [5.74, 6) is 0.564. The van der Waals surface area contributed by atoms with E-state index in [1.54, 1.807) is 7.11 Å². The van der Waals surface area contributed by atoms with Gasteiger partial charge in [0.15, 0.2) is 5.75 Å². The van der Waals surface area contributed by atoms with Gasteiger partial charge in [0.1, 0.15) is 0 Å². The first-order valence-corrected chi connectivity index (χ1v) is 4.18. The van der Waals surface area contributed by atoms with E-state index in [9.17, 15) is 0 Å². The molecule has 0 saturated heterocycles. The highest BCUT2D eigenvalue weighted by Crippen LogP contribution is 2.32. The fourth-order valence-corrected chi connectivity index (χ4v) is 1.42. The number of aryl methyl sites for hydroxylation is 1. The zero-order valence-electron chi connectivity index (χ0n) is 7.23. The Bertz CT molecular complexity index is 263. The van der Waals surface area contributed by atoms with Crippen molar-refractivity contribution in [3.8, 4) is 5.75 Å². The van der Waals surface area contributed by atoms with Crippen LogP contribution in [0.25, 0.3) is 0 Å². The molecule has 0 unspecified atom stereocenters. The molecule has 2 nitrogen and oxygen atoms in total. The molecule has 1 rings (SSSR count). The van der Waals surface area contributed by atoms with Crippen molar-refractivity contribution in [2.24, 2.45) is 0 Å². The topological polar surface area (TPSA) is 35.2 Å². The molecule has 0 atom stereocenters. The Kier molecular flexibility index (Phi) is 2.82. The second kappa shape index (κ2) is 3.68. The number of halogens is 1. The maximum atomic E-state index is 5.91. The van der Waals surface area contributed by atoms with E-state index >= 15 is 0 Å². The molecule has 0 radical (unpaired) electrons. The van der Waals surface area contributed by atoms with E-state index in [0.717, 1.165) is 12.0 Å². The molecule has 0 bridgehead atoms. The third-order valence-corrected chi connectivity index (χ3v) is 2.03. The molecule has 0 saturated carbocycles. The molecule has 0 aromatic heterocycles. The Morgan fingerprint density at radius 2 is 2.17 bits per heavy atom. The first kappa shape index (κ1) is 9.20. The smallest absolute Gasteiger partial charge is 0.160 e. The second-order valence-electron chi connectivity index (χ2n) is 2.55. The summed E-state index contributed by atoms with van der Waals surface area (Å²) in [6.07, 6.45) is 0.925. The lowest BCUT2D eigenvalue weighted by Gasteiger charge is -2.08. The molecule has 0 aliphatic heterocycles. The highest BCUT2D eigenvalue weighted by atomic mass is 35.5. The van der Waals surface area contributed by atoms with E-state index in [-0.39, 0.29) is 0 Å². The number of hydrogen-bond acceptors (Lipinski definition) is 2. The van der Waals surface area contributed by atoms with Gasteiger partial charge in [0.05, 0.1) is 17.8 Å². The molecule has 0 aliphatic rings. The number of rotatable bonds is 2. The summed E-state index contributed by atoms with van der Waals surface area (Å²) in [7, 11) is 1.56. The number of anilines is 1. The lowest BCUT2D eigenvalue weighted by molar-refractivity contribution is 0.417. The van der Waals surface area contributed by atoms with E-state index in [2.05, 4.69) is 6.92 Å². The largest absolute Gasteiger partial charge is 0.493 e. The van der Waals surface area contributed by atoms with Crippen LogP contribution in [0.1, 0.15) is 12.5 Å². The van der Waals surface area contributed by atoms with Crippen molar-refractivity contribution in [1.29, 1.82) is 0 Å². The fraction of sp³-hybridized carbons (Fsp3) is 0.333. The molecular weight excluding hydrogens is 174 g/mol. The Morgan fingerprint density at radius 3 is 2.58 bits per heavy atom. The van der Waals surface area contributed by atoms with Crippen molar-refractivity contribution in [2.75, 3.05) is 12.8 Å². The van der Waals surface area contributed by atoms with Crippen LogP contribution in [-0.2, 0) is 6.42 Å². The van der Waals surface area contributed by atoms with Crippen molar-refractivity contribution in [3.63, 3.8) is 0 Å². The summed E-state index contributed by atoms with van der Waals surface area (Å²) in [6.45, 7) is 2.05. The van der Waals surface area contributed by atoms with Gasteiger partial charge in [-0.15, -0.1) is 0 Å². The average Bonchev–Trinajstić information content (AvgIpc) is 2.03. The van der Waals surface area contributed by atoms with Crippen LogP contribution in [0.4, 0.5) is 5.69 Å². The molecule has 66 valence electrons. The predicted octanol–water partition coefficient (Wildman–Crippen LogP) is 2.49. The average molecular weight is 186 g/mol. The highest BCUT2D eigenvalue weighted by Gasteiger charge is 2.05. The summed E-state index contributed by atoms with van der Waals surface area (Å²) < 4.78 is 5.02. The molecule has 2 N–H and O–H groups in total. The van der Waals surface area contributed by atoms with Crippen molar-refractivity contribution >= 4 is 17.3 Å². The molecule has 12 heavy (non-hydrogen) atoms. The van der Waals surface area contributed by atoms with Crippen LogP contribution in [0.5, 0.6) is 5.75 Å². The van der Waals surface area contributed by atoms with Gasteiger partial charge >= 0.3 is 0 Å². The van der Waals surface area contributed by atoms with Gasteiger partial charge in [-0.3, -0.25) is 0 Å². The quantitative estimate of drug-likeness (QED) is 0.719. The van der Waals surface area contributed by atoms with Gasteiger partial charge in [0.25, 0.3) is 0 Å². The van der Waals surface area contributed by atoms with Crippen molar-refractivity contribution < 1.29 is 4.74 Å². The van der Waals surface area contributed by atoms with E-state index in [1.165, 1.54) is 0 Å². The van der Waals surface area contributed by atoms with E-state index in [1.807, 2.05) is 12.1 Å². The molecule has 0 amide bonds. The van der Waals surface area contributed by atoms with Crippen molar-refractivity contribution in [2.45, 2.75) is 13.3 Å². The zero-order valence-corrected chi connectivity index (χ0v) is 7.98. The Labute approximate surface area is 77.3 Å². The molecule has 1 aromatic carbocycles. The minimum Gasteiger partial charge on any atom is -0.493 e. The lowest BCUT2D eigenvalue weighted by Crippen LogP contribution is -1.94. The van der Waals surface area contributed by atoms with Gasteiger partial charge in [-0.25, -0.2) is 0 Å². The summed E-state index contributed by atoms with van der Waals surface area (Å²) in [6, 6.07) is 3.75. The maximum Gasteiger partial charge on any atom is 0.160 e. The van der Waals surface area contributed by atoms with Gasteiger partial charge in [0, 0.05) is 0 Å². The van der Waals surface area contributed by atoms with Gasteiger partial charge in [-0.2, -0.15) is 0 Å². The summed E-state index contributed by atoms with van der Waals surface area (Å²) >= 11 is 5.91. The lowest BCUT2D eigenvalue weighted by atomic mass is 10.1. The number of nitrogens with two attached hydrogens (primary N) is 1. The van der Waals surface area contributed by atoms with E-state index in [4.69, 9.17) is 22.1 Å². The summed E-state index contributed by atoms with van der Waals surface area (Å²) in [5, 5.41) is 0.578. The molecule has 0 fully saturated rings. The predicted molar refractivity (Wildman–Crippen MR) is 51.8 cm³/mol. The van der Waals surface area contributed by atoms with Crippen molar-refractivity contribution in [3.05, 3.63) is 22.7 Å². The van der Waals surface area contributed by atoms with Crippen LogP contribution in [-0.4, -0.2) is 7.11 Å². The third-order valence-electron chi connectivity index (χ3n) is 1.74. The normalized spacial score (nSPS) is 9.92. The monoisotopic (exact) mass is 185 g/mol. The van der Waals surface area contributed by atoms with Crippen LogP contribution >= 0.6 is 11.6 Å². The first-order chi connectivity index (χ1) is 5.69. The SMILES string of the molecule is CCc1cc(N)c(OC)c(Cl)c1. The molecular formula is C9H12ClNO. The number of ether oxygens (including phenoxy) is 1. The van der Waals surface area contributed by atoms with Crippen LogP contribution in [0, 0.1) is 0 Å².